The predicted molar refractivity (Wildman–Crippen MR) is 67.3 cm³/mol. The molecule has 5 nitrogen and oxygen atoms in total. The maximum Gasteiger partial charge on any atom is 0.215 e. The van der Waals surface area contributed by atoms with Gasteiger partial charge in [-0.1, -0.05) is 12.1 Å². The van der Waals surface area contributed by atoms with Crippen molar-refractivity contribution in [2.24, 2.45) is 5.73 Å². The maximum atomic E-state index is 11.7. The molecule has 17 heavy (non-hydrogen) atoms. The number of hydrogen-bond acceptors (Lipinski definition) is 4. The molecule has 1 aromatic rings. The summed E-state index contributed by atoms with van der Waals surface area (Å²) in [5, 5.41) is 0. The molecule has 0 unspecified atom stereocenters. The number of nitrogens with zero attached hydrogens (tertiary/aromatic N) is 1. The second-order valence-electron chi connectivity index (χ2n) is 3.71. The van der Waals surface area contributed by atoms with Gasteiger partial charge < -0.3 is 10.5 Å². The predicted octanol–water partition coefficient (Wildman–Crippen LogP) is 0.416. The van der Waals surface area contributed by atoms with Crippen LogP contribution in [0.25, 0.3) is 0 Å². The van der Waals surface area contributed by atoms with Gasteiger partial charge in [0, 0.05) is 20.1 Å². The third-order valence-electron chi connectivity index (χ3n) is 2.39. The number of methoxy groups -OCH3 is 1. The Labute approximate surface area is 102 Å². The summed E-state index contributed by atoms with van der Waals surface area (Å²) in [5.41, 5.74) is 6.15. The lowest BCUT2D eigenvalue weighted by Crippen LogP contribution is -2.31. The molecular weight excluding hydrogens is 240 g/mol. The van der Waals surface area contributed by atoms with Gasteiger partial charge in [-0.05, 0) is 17.7 Å². The standard InChI is InChI=1S/C11H18N2O3S/c1-13(17(14,15)7-6-12)9-10-4-3-5-11(8-10)16-2/h3-5,8H,6-7,9,12H2,1-2H3. The van der Waals surface area contributed by atoms with Gasteiger partial charge in [0.25, 0.3) is 0 Å². The fourth-order valence-electron chi connectivity index (χ4n) is 1.43. The van der Waals surface area contributed by atoms with Gasteiger partial charge in [0.2, 0.25) is 10.0 Å². The number of ether oxygens (including phenoxy) is 1. The van der Waals surface area contributed by atoms with Crippen molar-refractivity contribution in [3.8, 4) is 5.75 Å². The van der Waals surface area contributed by atoms with Gasteiger partial charge >= 0.3 is 0 Å². The molecule has 0 bridgehead atoms. The quantitative estimate of drug-likeness (QED) is 0.802. The molecule has 0 amide bonds. The third-order valence-corrected chi connectivity index (χ3v) is 4.22. The van der Waals surface area contributed by atoms with Crippen LogP contribution in [0.1, 0.15) is 5.56 Å². The van der Waals surface area contributed by atoms with E-state index in [9.17, 15) is 8.42 Å². The van der Waals surface area contributed by atoms with E-state index in [0.717, 1.165) is 5.56 Å². The highest BCUT2D eigenvalue weighted by molar-refractivity contribution is 7.89. The number of nitrogens with two attached hydrogens (primary N) is 1. The summed E-state index contributed by atoms with van der Waals surface area (Å²) in [4.78, 5) is 0. The average molecular weight is 258 g/mol. The van der Waals surface area contributed by atoms with Gasteiger partial charge in [-0.15, -0.1) is 0 Å². The van der Waals surface area contributed by atoms with Crippen molar-refractivity contribution in [2.45, 2.75) is 6.54 Å². The van der Waals surface area contributed by atoms with Crippen molar-refractivity contribution in [1.29, 1.82) is 0 Å². The second kappa shape index (κ2) is 6.00. The van der Waals surface area contributed by atoms with E-state index in [1.807, 2.05) is 24.3 Å². The first-order valence-corrected chi connectivity index (χ1v) is 6.87. The molecule has 0 atom stereocenters. The van der Waals surface area contributed by atoms with E-state index >= 15 is 0 Å². The summed E-state index contributed by atoms with van der Waals surface area (Å²) in [5.74, 6) is 0.681. The van der Waals surface area contributed by atoms with Gasteiger partial charge in [-0.2, -0.15) is 0 Å². The third kappa shape index (κ3) is 3.99. The van der Waals surface area contributed by atoms with Crippen LogP contribution >= 0.6 is 0 Å². The Morgan fingerprint density at radius 2 is 2.12 bits per heavy atom. The molecule has 1 aromatic carbocycles. The number of rotatable bonds is 6. The molecule has 0 aromatic heterocycles. The number of sulfonamides is 1. The van der Waals surface area contributed by atoms with Crippen LogP contribution in [0.4, 0.5) is 0 Å². The van der Waals surface area contributed by atoms with Crippen LogP contribution in [-0.2, 0) is 16.6 Å². The summed E-state index contributed by atoms with van der Waals surface area (Å²) in [7, 11) is -0.137. The molecule has 0 radical (unpaired) electrons. The highest BCUT2D eigenvalue weighted by Crippen LogP contribution is 2.15. The highest BCUT2D eigenvalue weighted by atomic mass is 32.2. The summed E-state index contributed by atoms with van der Waals surface area (Å²) in [6, 6.07) is 7.32. The van der Waals surface area contributed by atoms with Crippen LogP contribution < -0.4 is 10.5 Å². The molecular formula is C11H18N2O3S. The molecule has 0 aliphatic carbocycles. The molecule has 0 spiro atoms. The fourth-order valence-corrected chi connectivity index (χ4v) is 2.39. The van der Waals surface area contributed by atoms with E-state index in [-0.39, 0.29) is 12.3 Å². The summed E-state index contributed by atoms with van der Waals surface area (Å²) < 4.78 is 29.8. The van der Waals surface area contributed by atoms with Gasteiger partial charge in [-0.25, -0.2) is 12.7 Å². The van der Waals surface area contributed by atoms with Crippen molar-refractivity contribution < 1.29 is 13.2 Å². The molecule has 0 heterocycles. The minimum absolute atomic E-state index is 0.0343. The Hall–Kier alpha value is -1.11. The fraction of sp³-hybridized carbons (Fsp3) is 0.455. The van der Waals surface area contributed by atoms with E-state index in [2.05, 4.69) is 0 Å². The maximum absolute atomic E-state index is 11.7. The Balaban J connectivity index is 2.77. The van der Waals surface area contributed by atoms with E-state index < -0.39 is 10.0 Å². The Morgan fingerprint density at radius 3 is 2.71 bits per heavy atom. The van der Waals surface area contributed by atoms with Crippen LogP contribution in [0, 0.1) is 0 Å². The molecule has 0 fully saturated rings. The minimum Gasteiger partial charge on any atom is -0.497 e. The minimum atomic E-state index is -3.26. The smallest absolute Gasteiger partial charge is 0.215 e. The van der Waals surface area contributed by atoms with E-state index in [1.54, 1.807) is 14.2 Å². The van der Waals surface area contributed by atoms with Crippen LogP contribution in [0.5, 0.6) is 5.75 Å². The lowest BCUT2D eigenvalue weighted by Gasteiger charge is -2.16. The highest BCUT2D eigenvalue weighted by Gasteiger charge is 2.16. The number of benzene rings is 1. The molecule has 0 saturated carbocycles. The van der Waals surface area contributed by atoms with Crippen LogP contribution in [-0.4, -0.2) is 39.2 Å². The normalized spacial score (nSPS) is 11.8. The lowest BCUT2D eigenvalue weighted by atomic mass is 10.2. The van der Waals surface area contributed by atoms with E-state index in [4.69, 9.17) is 10.5 Å². The van der Waals surface area contributed by atoms with Gasteiger partial charge in [-0.3, -0.25) is 0 Å². The zero-order valence-electron chi connectivity index (χ0n) is 10.1. The van der Waals surface area contributed by atoms with Gasteiger partial charge in [0.05, 0.1) is 12.9 Å². The Kier molecular flexibility index (Phi) is 4.92. The zero-order valence-corrected chi connectivity index (χ0v) is 10.9. The van der Waals surface area contributed by atoms with E-state index in [1.165, 1.54) is 4.31 Å². The summed E-state index contributed by atoms with van der Waals surface area (Å²) in [6.45, 7) is 0.449. The SMILES string of the molecule is COc1cccc(CN(C)S(=O)(=O)CCN)c1. The van der Waals surface area contributed by atoms with Crippen LogP contribution in [0.15, 0.2) is 24.3 Å². The van der Waals surface area contributed by atoms with Crippen molar-refractivity contribution in [3.05, 3.63) is 29.8 Å². The van der Waals surface area contributed by atoms with Gasteiger partial charge in [0.1, 0.15) is 5.75 Å². The average Bonchev–Trinajstić information content (AvgIpc) is 2.29. The summed E-state index contributed by atoms with van der Waals surface area (Å²) in [6.07, 6.45) is 0. The molecule has 6 heteroatoms. The first-order chi connectivity index (χ1) is 7.99. The molecule has 2 N–H and O–H groups in total. The Morgan fingerprint density at radius 1 is 1.41 bits per heavy atom. The van der Waals surface area contributed by atoms with Crippen molar-refractivity contribution in [3.63, 3.8) is 0 Å². The lowest BCUT2D eigenvalue weighted by molar-refractivity contribution is 0.412. The van der Waals surface area contributed by atoms with Crippen molar-refractivity contribution in [2.75, 3.05) is 26.5 Å². The Bertz CT molecular complexity index is 460. The molecule has 0 aliphatic heterocycles. The van der Waals surface area contributed by atoms with Crippen LogP contribution in [0.2, 0.25) is 0 Å². The van der Waals surface area contributed by atoms with Crippen molar-refractivity contribution >= 4 is 10.0 Å². The first kappa shape index (κ1) is 14.0. The first-order valence-electron chi connectivity index (χ1n) is 5.26. The monoisotopic (exact) mass is 258 g/mol. The molecule has 0 saturated heterocycles. The van der Waals surface area contributed by atoms with Crippen molar-refractivity contribution in [1.82, 2.24) is 4.31 Å². The molecule has 0 aliphatic rings. The van der Waals surface area contributed by atoms with Gasteiger partial charge in [0.15, 0.2) is 0 Å². The van der Waals surface area contributed by atoms with E-state index in [0.29, 0.717) is 12.3 Å². The molecule has 96 valence electrons. The zero-order chi connectivity index (χ0) is 12.9. The van der Waals surface area contributed by atoms with Crippen LogP contribution in [0.3, 0.4) is 0 Å². The topological polar surface area (TPSA) is 72.6 Å². The second-order valence-corrected chi connectivity index (χ2v) is 5.91. The molecule has 1 rings (SSSR count). The largest absolute Gasteiger partial charge is 0.497 e. The summed E-state index contributed by atoms with van der Waals surface area (Å²) >= 11 is 0. The number of hydrogen-bond donors (Lipinski definition) is 1.